The molecule has 0 aliphatic heterocycles. The van der Waals surface area contributed by atoms with Crippen molar-refractivity contribution in [2.75, 3.05) is 13.2 Å². The summed E-state index contributed by atoms with van der Waals surface area (Å²) < 4.78 is 17.0. The van der Waals surface area contributed by atoms with Gasteiger partial charge in [-0.1, -0.05) is 323 Å². The second-order valence-corrected chi connectivity index (χ2v) is 23.4. The maximum Gasteiger partial charge on any atom is 0.306 e. The summed E-state index contributed by atoms with van der Waals surface area (Å²) >= 11 is 0. The van der Waals surface area contributed by atoms with Crippen molar-refractivity contribution >= 4 is 17.9 Å². The van der Waals surface area contributed by atoms with Crippen molar-refractivity contribution in [2.24, 2.45) is 0 Å². The van der Waals surface area contributed by atoms with Gasteiger partial charge in [-0.15, -0.1) is 0 Å². The van der Waals surface area contributed by atoms with Crippen molar-refractivity contribution < 1.29 is 28.6 Å². The van der Waals surface area contributed by atoms with Crippen molar-refractivity contribution in [1.29, 1.82) is 0 Å². The lowest BCUT2D eigenvalue weighted by Crippen LogP contribution is -2.30. The lowest BCUT2D eigenvalue weighted by Gasteiger charge is -2.18. The van der Waals surface area contributed by atoms with Gasteiger partial charge in [0.05, 0.1) is 0 Å². The highest BCUT2D eigenvalue weighted by Gasteiger charge is 2.19. The Balaban J connectivity index is 4.22. The van der Waals surface area contributed by atoms with Gasteiger partial charge >= 0.3 is 17.9 Å². The third-order valence-electron chi connectivity index (χ3n) is 15.3. The quantitative estimate of drug-likeness (QED) is 0.0261. The highest BCUT2D eigenvalue weighted by molar-refractivity contribution is 5.71. The molecule has 0 saturated heterocycles. The molecule has 1 unspecified atom stereocenters. The average Bonchev–Trinajstić information content (AvgIpc) is 3.47. The highest BCUT2D eigenvalue weighted by Crippen LogP contribution is 2.17. The molecular formula is C76H132O6. The molecule has 472 valence electrons. The molecule has 0 amide bonds. The molecule has 0 fully saturated rings. The van der Waals surface area contributed by atoms with Crippen molar-refractivity contribution in [2.45, 2.75) is 354 Å². The first-order valence-electron chi connectivity index (χ1n) is 35.2. The molecule has 82 heavy (non-hydrogen) atoms. The molecule has 0 aromatic rings. The molecule has 6 heteroatoms. The Morgan fingerprint density at radius 1 is 0.256 bits per heavy atom. The maximum absolute atomic E-state index is 12.9. The molecule has 0 heterocycles. The minimum absolute atomic E-state index is 0.0782. The zero-order valence-electron chi connectivity index (χ0n) is 54.2. The van der Waals surface area contributed by atoms with Crippen LogP contribution in [0.3, 0.4) is 0 Å². The molecule has 0 bridgehead atoms. The van der Waals surface area contributed by atoms with Crippen LogP contribution in [0.1, 0.15) is 348 Å². The number of carbonyl (C=O) groups is 3. The van der Waals surface area contributed by atoms with Gasteiger partial charge in [0.2, 0.25) is 0 Å². The zero-order valence-corrected chi connectivity index (χ0v) is 54.2. The largest absolute Gasteiger partial charge is 0.462 e. The molecule has 0 radical (unpaired) electrons. The molecule has 0 spiro atoms. The third kappa shape index (κ3) is 67.1. The number of rotatable bonds is 64. The number of allylic oxidation sites excluding steroid dienone is 16. The summed E-state index contributed by atoms with van der Waals surface area (Å²) in [7, 11) is 0. The summed E-state index contributed by atoms with van der Waals surface area (Å²) in [6.07, 6.45) is 94.3. The molecule has 0 aromatic heterocycles. The summed E-state index contributed by atoms with van der Waals surface area (Å²) in [4.78, 5) is 38.4. The second-order valence-electron chi connectivity index (χ2n) is 23.4. The van der Waals surface area contributed by atoms with Crippen LogP contribution in [-0.2, 0) is 28.6 Å². The smallest absolute Gasteiger partial charge is 0.306 e. The number of ether oxygens (including phenoxy) is 3. The van der Waals surface area contributed by atoms with Gasteiger partial charge < -0.3 is 14.2 Å². The van der Waals surface area contributed by atoms with E-state index in [-0.39, 0.29) is 31.1 Å². The first-order valence-corrected chi connectivity index (χ1v) is 35.2. The number of hydrogen-bond acceptors (Lipinski definition) is 6. The van der Waals surface area contributed by atoms with E-state index in [4.69, 9.17) is 14.2 Å². The fraction of sp³-hybridized carbons (Fsp3) is 0.750. The first kappa shape index (κ1) is 78.3. The van der Waals surface area contributed by atoms with Crippen LogP contribution >= 0.6 is 0 Å². The van der Waals surface area contributed by atoms with E-state index in [1.54, 1.807) is 0 Å². The van der Waals surface area contributed by atoms with Crippen molar-refractivity contribution in [3.05, 3.63) is 97.2 Å². The summed E-state index contributed by atoms with van der Waals surface area (Å²) in [6, 6.07) is 0. The average molecular weight is 1140 g/mol. The monoisotopic (exact) mass is 1140 g/mol. The molecule has 0 rings (SSSR count). The molecule has 6 nitrogen and oxygen atoms in total. The summed E-state index contributed by atoms with van der Waals surface area (Å²) in [5.74, 6) is -0.875. The van der Waals surface area contributed by atoms with Crippen LogP contribution in [0.2, 0.25) is 0 Å². The van der Waals surface area contributed by atoms with Gasteiger partial charge in [0.25, 0.3) is 0 Å². The van der Waals surface area contributed by atoms with Gasteiger partial charge in [-0.25, -0.2) is 0 Å². The van der Waals surface area contributed by atoms with Crippen LogP contribution in [0, 0.1) is 0 Å². The predicted molar refractivity (Wildman–Crippen MR) is 357 cm³/mol. The van der Waals surface area contributed by atoms with Crippen LogP contribution in [0.5, 0.6) is 0 Å². The Hall–Kier alpha value is -3.67. The minimum Gasteiger partial charge on any atom is -0.462 e. The van der Waals surface area contributed by atoms with Gasteiger partial charge in [0.1, 0.15) is 13.2 Å². The number of esters is 3. The van der Waals surface area contributed by atoms with E-state index in [1.807, 2.05) is 0 Å². The Labute approximate surface area is 508 Å². The van der Waals surface area contributed by atoms with Crippen LogP contribution < -0.4 is 0 Å². The van der Waals surface area contributed by atoms with E-state index in [1.165, 1.54) is 186 Å². The Morgan fingerprint density at radius 3 is 0.756 bits per heavy atom. The normalized spacial score (nSPS) is 12.7. The SMILES string of the molecule is CC/C=C\C/C=C\C/C=C\C/C=C\C/C=C\C/C=C\CCCCCCCCCCCCCCCCC(=O)OCC(COC(=O)CCCCCCCCCCCCCCCCC)OC(=O)CCCCCCC/C=C\C/C=C\CCCCCC. The standard InChI is InChI=1S/C76H132O6/c1-4-7-10-13-16-19-22-25-28-30-31-32-33-34-35-36-37-38-39-40-41-42-43-44-45-46-49-51-54-57-60-63-66-69-75(78)81-72-73(71-80-74(77)68-65-62-59-56-53-50-47-27-24-21-18-15-12-9-6-3)82-76(79)70-67-64-61-58-55-52-48-29-26-23-20-17-14-11-8-5-2/h7,10,16,19-20,23,25,28-29,31-32,34-35,37-38,48,73H,4-6,8-9,11-15,17-18,21-22,24,26-27,30,33,36,39-47,49-72H2,1-3H3/b10-7-,19-16-,23-20-,28-25-,32-31-,35-34-,38-37-,48-29-. The van der Waals surface area contributed by atoms with E-state index >= 15 is 0 Å². The Bertz CT molecular complexity index is 1590. The molecule has 0 N–H and O–H groups in total. The van der Waals surface area contributed by atoms with Gasteiger partial charge in [0.15, 0.2) is 6.10 Å². The van der Waals surface area contributed by atoms with Crippen LogP contribution in [0.4, 0.5) is 0 Å². The number of carbonyl (C=O) groups excluding carboxylic acids is 3. The fourth-order valence-electron chi connectivity index (χ4n) is 10.1. The van der Waals surface area contributed by atoms with Crippen LogP contribution in [0.15, 0.2) is 97.2 Å². The predicted octanol–water partition coefficient (Wildman–Crippen LogP) is 24.4. The van der Waals surface area contributed by atoms with Gasteiger partial charge in [-0.2, -0.15) is 0 Å². The van der Waals surface area contributed by atoms with Crippen molar-refractivity contribution in [1.82, 2.24) is 0 Å². The topological polar surface area (TPSA) is 78.9 Å². The molecule has 0 aliphatic carbocycles. The second kappa shape index (κ2) is 69.8. The summed E-state index contributed by atoms with van der Waals surface area (Å²) in [5.41, 5.74) is 0. The summed E-state index contributed by atoms with van der Waals surface area (Å²) in [5, 5.41) is 0. The minimum atomic E-state index is -0.784. The van der Waals surface area contributed by atoms with E-state index in [0.717, 1.165) is 122 Å². The van der Waals surface area contributed by atoms with Gasteiger partial charge in [-0.3, -0.25) is 14.4 Å². The number of hydrogen-bond donors (Lipinski definition) is 0. The van der Waals surface area contributed by atoms with Gasteiger partial charge in [-0.05, 0) is 103 Å². The highest BCUT2D eigenvalue weighted by atomic mass is 16.6. The van der Waals surface area contributed by atoms with E-state index in [9.17, 15) is 14.4 Å². The molecule has 0 aromatic carbocycles. The van der Waals surface area contributed by atoms with Crippen molar-refractivity contribution in [3.63, 3.8) is 0 Å². The molecular weight excluding hydrogens is 1010 g/mol. The maximum atomic E-state index is 12.9. The fourth-order valence-corrected chi connectivity index (χ4v) is 10.1. The number of unbranched alkanes of at least 4 members (excludes halogenated alkanes) is 37. The molecule has 1 atom stereocenters. The first-order chi connectivity index (χ1) is 40.5. The third-order valence-corrected chi connectivity index (χ3v) is 15.3. The molecule has 0 aliphatic rings. The van der Waals surface area contributed by atoms with E-state index in [0.29, 0.717) is 19.3 Å². The van der Waals surface area contributed by atoms with Gasteiger partial charge in [0, 0.05) is 19.3 Å². The van der Waals surface area contributed by atoms with Crippen molar-refractivity contribution in [3.8, 4) is 0 Å². The summed E-state index contributed by atoms with van der Waals surface area (Å²) in [6.45, 7) is 6.54. The Kier molecular flexibility index (Phi) is 66.7. The lowest BCUT2D eigenvalue weighted by molar-refractivity contribution is -0.167. The zero-order chi connectivity index (χ0) is 59.2. The molecule has 0 saturated carbocycles. The lowest BCUT2D eigenvalue weighted by atomic mass is 10.0. The van der Waals surface area contributed by atoms with E-state index < -0.39 is 6.10 Å². The van der Waals surface area contributed by atoms with E-state index in [2.05, 4.69) is 118 Å². The van der Waals surface area contributed by atoms with Crippen LogP contribution in [0.25, 0.3) is 0 Å². The Morgan fingerprint density at radius 2 is 0.476 bits per heavy atom. The van der Waals surface area contributed by atoms with Crippen LogP contribution in [-0.4, -0.2) is 37.2 Å².